The van der Waals surface area contributed by atoms with Gasteiger partial charge in [0.1, 0.15) is 5.75 Å². The average Bonchev–Trinajstić information content (AvgIpc) is 2.86. The molecule has 2 aromatic carbocycles. The molecule has 0 atom stereocenters. The van der Waals surface area contributed by atoms with Crippen LogP contribution in [0.15, 0.2) is 52.4 Å². The highest BCUT2D eigenvalue weighted by atomic mass is 35.5. The Balaban J connectivity index is 1.86. The summed E-state index contributed by atoms with van der Waals surface area (Å²) in [5.74, 6) is -0.0161. The highest BCUT2D eigenvalue weighted by Gasteiger charge is 2.24. The van der Waals surface area contributed by atoms with Crippen molar-refractivity contribution in [2.24, 2.45) is 4.99 Å². The van der Waals surface area contributed by atoms with Gasteiger partial charge in [-0.2, -0.15) is 0 Å². The lowest BCUT2D eigenvalue weighted by Crippen LogP contribution is -2.19. The summed E-state index contributed by atoms with van der Waals surface area (Å²) in [4.78, 5) is 17.0. The van der Waals surface area contributed by atoms with Crippen molar-refractivity contribution in [2.45, 2.75) is 6.92 Å². The summed E-state index contributed by atoms with van der Waals surface area (Å²) in [5, 5.41) is 13.1. The molecule has 1 aliphatic heterocycles. The summed E-state index contributed by atoms with van der Waals surface area (Å²) in [6, 6.07) is 12.2. The molecular weight excluding hydrogens is 332 g/mol. The van der Waals surface area contributed by atoms with Gasteiger partial charge in [-0.1, -0.05) is 35.9 Å². The van der Waals surface area contributed by atoms with Gasteiger partial charge in [-0.25, -0.2) is 4.99 Å². The fourth-order valence-electron chi connectivity index (χ4n) is 2.03. The molecule has 2 aromatic rings. The lowest BCUT2D eigenvalue weighted by atomic mass is 10.2. The van der Waals surface area contributed by atoms with Gasteiger partial charge >= 0.3 is 0 Å². The van der Waals surface area contributed by atoms with Gasteiger partial charge < -0.3 is 10.4 Å². The number of hydrogen-bond donors (Lipinski definition) is 2. The van der Waals surface area contributed by atoms with E-state index in [-0.39, 0.29) is 11.7 Å². The second-order valence-electron chi connectivity index (χ2n) is 4.98. The van der Waals surface area contributed by atoms with E-state index in [9.17, 15) is 9.90 Å². The number of amides is 1. The van der Waals surface area contributed by atoms with Crippen LogP contribution in [0.1, 0.15) is 11.1 Å². The number of nitrogens with one attached hydrogen (secondary N) is 1. The van der Waals surface area contributed by atoms with E-state index in [0.717, 1.165) is 11.1 Å². The molecule has 2 N–H and O–H groups in total. The Hall–Kier alpha value is -2.24. The topological polar surface area (TPSA) is 61.7 Å². The molecule has 1 saturated heterocycles. The number of rotatable bonds is 2. The maximum atomic E-state index is 12.0. The van der Waals surface area contributed by atoms with E-state index in [1.807, 2.05) is 19.1 Å². The lowest BCUT2D eigenvalue weighted by Gasteiger charge is -2.02. The Morgan fingerprint density at radius 1 is 1.22 bits per heavy atom. The van der Waals surface area contributed by atoms with Gasteiger partial charge in [0.05, 0.1) is 15.6 Å². The number of amidine groups is 1. The number of carbonyl (C=O) groups excluding carboxylic acids is 1. The fourth-order valence-corrected chi connectivity index (χ4v) is 3.03. The Morgan fingerprint density at radius 2 is 1.96 bits per heavy atom. The number of phenolic OH excluding ortho intramolecular Hbond substituents is 1. The maximum Gasteiger partial charge on any atom is 0.264 e. The Kier molecular flexibility index (Phi) is 4.41. The minimum absolute atomic E-state index is 0.187. The number of aromatic hydroxyl groups is 1. The second kappa shape index (κ2) is 6.48. The number of halogens is 1. The molecule has 0 unspecified atom stereocenters. The van der Waals surface area contributed by atoms with Crippen LogP contribution in [-0.4, -0.2) is 16.2 Å². The van der Waals surface area contributed by atoms with Gasteiger partial charge in [-0.15, -0.1) is 0 Å². The van der Waals surface area contributed by atoms with Gasteiger partial charge in [-0.3, -0.25) is 4.79 Å². The number of aliphatic imine (C=N–C) groups is 1. The van der Waals surface area contributed by atoms with Crippen LogP contribution in [0.5, 0.6) is 5.75 Å². The largest absolute Gasteiger partial charge is 0.508 e. The van der Waals surface area contributed by atoms with E-state index >= 15 is 0 Å². The van der Waals surface area contributed by atoms with Crippen LogP contribution >= 0.6 is 23.4 Å². The highest BCUT2D eigenvalue weighted by Crippen LogP contribution is 2.32. The number of phenols is 1. The average molecular weight is 345 g/mol. The number of aryl methyl sites for hydroxylation is 1. The van der Waals surface area contributed by atoms with Crippen molar-refractivity contribution >= 4 is 46.2 Å². The Labute approximate surface area is 142 Å². The van der Waals surface area contributed by atoms with Crippen molar-refractivity contribution < 1.29 is 9.90 Å². The number of carbonyl (C=O) groups is 1. The molecule has 116 valence electrons. The number of hydrogen-bond acceptors (Lipinski definition) is 4. The molecule has 0 aromatic heterocycles. The summed E-state index contributed by atoms with van der Waals surface area (Å²) in [7, 11) is 0. The predicted octanol–water partition coefficient (Wildman–Crippen LogP) is 4.25. The van der Waals surface area contributed by atoms with Crippen LogP contribution in [-0.2, 0) is 4.79 Å². The maximum absolute atomic E-state index is 12.0. The van der Waals surface area contributed by atoms with Crippen molar-refractivity contribution in [1.82, 2.24) is 5.32 Å². The van der Waals surface area contributed by atoms with Crippen molar-refractivity contribution in [3.05, 3.63) is 63.5 Å². The molecule has 1 amide bonds. The molecule has 1 heterocycles. The molecule has 0 radical (unpaired) electrons. The van der Waals surface area contributed by atoms with Gasteiger partial charge in [0.15, 0.2) is 5.17 Å². The zero-order valence-corrected chi connectivity index (χ0v) is 13.8. The Bertz CT molecular complexity index is 829. The molecule has 0 saturated carbocycles. The molecule has 1 fully saturated rings. The molecule has 0 bridgehead atoms. The number of benzene rings is 2. The summed E-state index contributed by atoms with van der Waals surface area (Å²) in [6.45, 7) is 1.91. The first-order chi connectivity index (χ1) is 11.0. The first kappa shape index (κ1) is 15.6. The second-order valence-corrected chi connectivity index (χ2v) is 6.39. The molecular formula is C17H13ClN2O2S. The highest BCUT2D eigenvalue weighted by molar-refractivity contribution is 8.18. The smallest absolute Gasteiger partial charge is 0.264 e. The summed E-state index contributed by atoms with van der Waals surface area (Å²) in [5.41, 5.74) is 2.39. The van der Waals surface area contributed by atoms with Crippen LogP contribution < -0.4 is 5.32 Å². The van der Waals surface area contributed by atoms with Gasteiger partial charge in [0.2, 0.25) is 0 Å². The predicted molar refractivity (Wildman–Crippen MR) is 95.1 cm³/mol. The van der Waals surface area contributed by atoms with E-state index < -0.39 is 0 Å². The summed E-state index contributed by atoms with van der Waals surface area (Å²) < 4.78 is 0. The van der Waals surface area contributed by atoms with E-state index in [4.69, 9.17) is 11.6 Å². The summed E-state index contributed by atoms with van der Waals surface area (Å²) in [6.07, 6.45) is 1.75. The van der Waals surface area contributed by atoms with Crippen LogP contribution in [0.4, 0.5) is 5.69 Å². The molecule has 0 aliphatic carbocycles. The normalized spacial score (nSPS) is 17.7. The molecule has 6 heteroatoms. The van der Waals surface area contributed by atoms with Gasteiger partial charge in [0, 0.05) is 0 Å². The third kappa shape index (κ3) is 3.57. The minimum atomic E-state index is -0.203. The third-order valence-corrected chi connectivity index (χ3v) is 4.64. The zero-order chi connectivity index (χ0) is 16.4. The minimum Gasteiger partial charge on any atom is -0.508 e. The molecule has 3 rings (SSSR count). The third-order valence-electron chi connectivity index (χ3n) is 3.24. The number of thioether (sulfide) groups is 1. The van der Waals surface area contributed by atoms with Crippen molar-refractivity contribution in [3.8, 4) is 5.75 Å². The molecule has 1 aliphatic rings. The summed E-state index contributed by atoms with van der Waals surface area (Å²) >= 11 is 7.48. The van der Waals surface area contributed by atoms with Crippen molar-refractivity contribution in [2.75, 3.05) is 0 Å². The molecule has 23 heavy (non-hydrogen) atoms. The first-order valence-electron chi connectivity index (χ1n) is 6.86. The Morgan fingerprint density at radius 3 is 2.70 bits per heavy atom. The van der Waals surface area contributed by atoms with E-state index in [0.29, 0.717) is 20.8 Å². The van der Waals surface area contributed by atoms with Crippen LogP contribution in [0.25, 0.3) is 6.08 Å². The van der Waals surface area contributed by atoms with Crippen LogP contribution in [0.3, 0.4) is 0 Å². The van der Waals surface area contributed by atoms with Crippen LogP contribution in [0.2, 0.25) is 5.02 Å². The van der Waals surface area contributed by atoms with Crippen LogP contribution in [0, 0.1) is 6.92 Å². The fraction of sp³-hybridized carbons (Fsp3) is 0.0588. The SMILES string of the molecule is Cc1cccc(N=C2NC(=O)/C(=C\c3ccc(O)cc3)S2)c1Cl. The quantitative estimate of drug-likeness (QED) is 0.801. The standard InChI is InChI=1S/C17H13ClN2O2S/c1-10-3-2-4-13(15(10)18)19-17-20-16(22)14(23-17)9-11-5-7-12(21)8-6-11/h2-9,21H,1H3,(H,19,20,22)/b14-9+. The lowest BCUT2D eigenvalue weighted by molar-refractivity contribution is -0.115. The number of nitrogens with zero attached hydrogens (tertiary/aromatic N) is 1. The first-order valence-corrected chi connectivity index (χ1v) is 8.06. The van der Waals surface area contributed by atoms with Crippen molar-refractivity contribution in [3.63, 3.8) is 0 Å². The van der Waals surface area contributed by atoms with E-state index in [1.54, 1.807) is 36.4 Å². The van der Waals surface area contributed by atoms with E-state index in [2.05, 4.69) is 10.3 Å². The zero-order valence-electron chi connectivity index (χ0n) is 12.2. The molecule has 4 nitrogen and oxygen atoms in total. The van der Waals surface area contributed by atoms with E-state index in [1.165, 1.54) is 11.8 Å². The van der Waals surface area contributed by atoms with Gasteiger partial charge in [0.25, 0.3) is 5.91 Å². The monoisotopic (exact) mass is 344 g/mol. The van der Waals surface area contributed by atoms with Crippen molar-refractivity contribution in [1.29, 1.82) is 0 Å². The van der Waals surface area contributed by atoms with Gasteiger partial charge in [-0.05, 0) is 54.1 Å². The molecule has 0 spiro atoms.